The Bertz CT molecular complexity index is 642. The molecule has 1 heteroatoms. The summed E-state index contributed by atoms with van der Waals surface area (Å²) in [7, 11) is 0. The average molecular weight is 284 g/mol. The van der Waals surface area contributed by atoms with E-state index in [1.165, 1.54) is 65.9 Å². The molecule has 0 nitrogen and oxygen atoms in total. The summed E-state index contributed by atoms with van der Waals surface area (Å²) in [5.41, 5.74) is 3.90. The van der Waals surface area contributed by atoms with Gasteiger partial charge in [-0.3, -0.25) is 0 Å². The molecule has 0 heterocycles. The van der Waals surface area contributed by atoms with Crippen LogP contribution in [0.15, 0.2) is 0 Å². The summed E-state index contributed by atoms with van der Waals surface area (Å²) in [5.74, 6) is 12.2. The number of hydrogen-bond donors (Lipinski definition) is 1. The van der Waals surface area contributed by atoms with E-state index in [-0.39, 0.29) is 0 Å². The van der Waals surface area contributed by atoms with Crippen molar-refractivity contribution in [1.82, 2.24) is 0 Å². The Morgan fingerprint density at radius 3 is 2.55 bits per heavy atom. The molecular formula is C19H24S. The van der Waals surface area contributed by atoms with Gasteiger partial charge in [-0.2, -0.15) is 12.6 Å². The maximum atomic E-state index is 4.58. The Hall–Kier alpha value is 0.350. The summed E-state index contributed by atoms with van der Waals surface area (Å²) in [6.07, 6.45) is 4.50. The molecule has 0 N–H and O–H groups in total. The molecule has 0 aliphatic heterocycles. The fourth-order valence-electron chi connectivity index (χ4n) is 12.0. The monoisotopic (exact) mass is 284 g/mol. The molecule has 0 radical (unpaired) electrons. The van der Waals surface area contributed by atoms with Crippen LogP contribution in [0, 0.1) is 74.9 Å². The van der Waals surface area contributed by atoms with E-state index in [0.717, 1.165) is 27.6 Å². The maximum absolute atomic E-state index is 4.58. The van der Waals surface area contributed by atoms with Crippen LogP contribution >= 0.6 is 12.6 Å². The fourth-order valence-corrected chi connectivity index (χ4v) is 12.4. The molecule has 0 bridgehead atoms. The molecule has 0 amide bonds. The van der Waals surface area contributed by atoms with Crippen molar-refractivity contribution in [1.29, 1.82) is 0 Å². The van der Waals surface area contributed by atoms with Gasteiger partial charge in [0.15, 0.2) is 0 Å². The molecule has 20 heavy (non-hydrogen) atoms. The average Bonchev–Trinajstić information content (AvgIpc) is 3.32. The van der Waals surface area contributed by atoms with Gasteiger partial charge in [0.25, 0.3) is 0 Å². The number of rotatable bonds is 4. The highest BCUT2D eigenvalue weighted by Crippen LogP contribution is 3.30. The Morgan fingerprint density at radius 1 is 1.00 bits per heavy atom. The summed E-state index contributed by atoms with van der Waals surface area (Å²) in [6.45, 7) is 5.04. The van der Waals surface area contributed by atoms with E-state index >= 15 is 0 Å². The quantitative estimate of drug-likeness (QED) is 0.747. The Labute approximate surface area is 126 Å². The second-order valence-corrected chi connectivity index (χ2v) is 10.6. The van der Waals surface area contributed by atoms with Crippen LogP contribution < -0.4 is 0 Å². The summed E-state index contributed by atoms with van der Waals surface area (Å²) in [4.78, 5) is 0. The van der Waals surface area contributed by atoms with Gasteiger partial charge >= 0.3 is 0 Å². The fraction of sp³-hybridized carbons (Fsp3) is 1.00. The summed E-state index contributed by atoms with van der Waals surface area (Å²) >= 11 is 4.58. The van der Waals surface area contributed by atoms with Crippen LogP contribution in [0.3, 0.4) is 0 Å². The van der Waals surface area contributed by atoms with Gasteiger partial charge in [0.1, 0.15) is 0 Å². The lowest BCUT2D eigenvalue weighted by Gasteiger charge is -2.76. The van der Waals surface area contributed by atoms with Crippen LogP contribution in [0.2, 0.25) is 0 Å². The lowest BCUT2D eigenvalue weighted by atomic mass is 9.28. The summed E-state index contributed by atoms with van der Waals surface area (Å²) in [6, 6.07) is 0. The van der Waals surface area contributed by atoms with Crippen molar-refractivity contribution in [3.8, 4) is 0 Å². The van der Waals surface area contributed by atoms with Gasteiger partial charge < -0.3 is 0 Å². The predicted molar refractivity (Wildman–Crippen MR) is 80.2 cm³/mol. The topological polar surface area (TPSA) is 0 Å². The Balaban J connectivity index is 1.24. The molecular weight excluding hydrogens is 260 g/mol. The van der Waals surface area contributed by atoms with Crippen molar-refractivity contribution in [2.75, 3.05) is 5.75 Å². The molecule has 8 aliphatic rings. The molecule has 8 saturated carbocycles. The normalized spacial score (nSPS) is 89.8. The minimum Gasteiger partial charge on any atom is -0.179 e. The molecule has 8 fully saturated rings. The van der Waals surface area contributed by atoms with Gasteiger partial charge in [0, 0.05) is 0 Å². The number of thiol groups is 1. The van der Waals surface area contributed by atoms with Gasteiger partial charge in [-0.1, -0.05) is 26.7 Å². The Morgan fingerprint density at radius 2 is 1.85 bits per heavy atom. The van der Waals surface area contributed by atoms with E-state index in [1.807, 2.05) is 0 Å². The minimum absolute atomic E-state index is 0.925. The predicted octanol–water partition coefficient (Wildman–Crippen LogP) is 3.73. The zero-order valence-corrected chi connectivity index (χ0v) is 13.4. The van der Waals surface area contributed by atoms with Crippen molar-refractivity contribution < 1.29 is 0 Å². The van der Waals surface area contributed by atoms with E-state index in [9.17, 15) is 0 Å². The molecule has 0 saturated heterocycles. The highest BCUT2D eigenvalue weighted by molar-refractivity contribution is 7.80. The number of fused-ring (bicyclic) bond motifs is 8. The third kappa shape index (κ3) is 0.454. The van der Waals surface area contributed by atoms with Crippen LogP contribution in [-0.2, 0) is 0 Å². The highest BCUT2D eigenvalue weighted by Gasteiger charge is 3.28. The molecule has 0 aromatic heterocycles. The molecule has 106 valence electrons. The molecule has 13 unspecified atom stereocenters. The van der Waals surface area contributed by atoms with Gasteiger partial charge in [0.05, 0.1) is 0 Å². The first-order chi connectivity index (χ1) is 9.76. The minimum atomic E-state index is 0.925. The van der Waals surface area contributed by atoms with Crippen molar-refractivity contribution >= 4 is 12.6 Å². The summed E-state index contributed by atoms with van der Waals surface area (Å²) in [5, 5.41) is 0. The lowest BCUT2D eigenvalue weighted by molar-refractivity contribution is -0.297. The van der Waals surface area contributed by atoms with Crippen LogP contribution in [0.4, 0.5) is 0 Å². The molecule has 0 aromatic carbocycles. The van der Waals surface area contributed by atoms with Crippen LogP contribution in [0.1, 0.15) is 33.1 Å². The van der Waals surface area contributed by atoms with Crippen LogP contribution in [0.25, 0.3) is 0 Å². The first-order valence-electron chi connectivity index (χ1n) is 9.37. The van der Waals surface area contributed by atoms with E-state index < -0.39 is 0 Å². The molecule has 8 aliphatic carbocycles. The third-order valence-electron chi connectivity index (χ3n) is 11.2. The second kappa shape index (κ2) is 2.13. The van der Waals surface area contributed by atoms with Gasteiger partial charge in [-0.05, 0) is 87.1 Å². The van der Waals surface area contributed by atoms with E-state index in [4.69, 9.17) is 0 Å². The zero-order chi connectivity index (χ0) is 13.0. The second-order valence-electron chi connectivity index (χ2n) is 10.2. The number of hydrogen-bond acceptors (Lipinski definition) is 1. The van der Waals surface area contributed by atoms with Crippen molar-refractivity contribution in [3.63, 3.8) is 0 Å². The Kier molecular flexibility index (Phi) is 1.08. The van der Waals surface area contributed by atoms with Gasteiger partial charge in [-0.15, -0.1) is 0 Å². The van der Waals surface area contributed by atoms with E-state index in [0.29, 0.717) is 0 Å². The molecule has 8 rings (SSSR count). The molecule has 0 aromatic rings. The van der Waals surface area contributed by atoms with Crippen molar-refractivity contribution in [3.05, 3.63) is 0 Å². The SMILES string of the molecule is CCCC1C2C(C)C3C4C23C1C41C2C3C4(CCS)C1C234. The van der Waals surface area contributed by atoms with E-state index in [1.54, 1.807) is 6.42 Å². The van der Waals surface area contributed by atoms with Crippen LogP contribution in [-0.4, -0.2) is 5.75 Å². The maximum Gasteiger partial charge on any atom is -0.00922 e. The lowest BCUT2D eigenvalue weighted by Crippen LogP contribution is -2.73. The van der Waals surface area contributed by atoms with Gasteiger partial charge in [0.2, 0.25) is 0 Å². The first-order valence-corrected chi connectivity index (χ1v) is 10.00. The van der Waals surface area contributed by atoms with Crippen LogP contribution in [0.5, 0.6) is 0 Å². The highest BCUT2D eigenvalue weighted by atomic mass is 32.1. The van der Waals surface area contributed by atoms with Crippen molar-refractivity contribution in [2.45, 2.75) is 33.1 Å². The first kappa shape index (κ1) is 10.2. The van der Waals surface area contributed by atoms with Crippen molar-refractivity contribution in [2.24, 2.45) is 74.9 Å². The summed E-state index contributed by atoms with van der Waals surface area (Å²) < 4.78 is 0. The zero-order valence-electron chi connectivity index (χ0n) is 12.5. The van der Waals surface area contributed by atoms with E-state index in [2.05, 4.69) is 26.5 Å². The third-order valence-corrected chi connectivity index (χ3v) is 11.4. The van der Waals surface area contributed by atoms with Gasteiger partial charge in [-0.25, -0.2) is 0 Å². The smallest absolute Gasteiger partial charge is 0.00922 e. The standard InChI is InChI=1S/C19H24S/c1-3-4-8-9-7(2)10-12-17(9,10)11(8)18(12)14-13-16(5-6-20)15(18)19(13,14)16/h7-15,20H,3-6H2,1-2H3. The molecule has 3 spiro atoms. The molecule has 13 atom stereocenters. The largest absolute Gasteiger partial charge is 0.179 e.